The molecule has 1 aromatic carbocycles. The van der Waals surface area contributed by atoms with Crippen molar-refractivity contribution in [2.45, 2.75) is 51.7 Å². The van der Waals surface area contributed by atoms with Crippen molar-refractivity contribution in [3.05, 3.63) is 29.1 Å². The van der Waals surface area contributed by atoms with Gasteiger partial charge in [-0.3, -0.25) is 4.79 Å². The van der Waals surface area contributed by atoms with Crippen LogP contribution in [0.4, 0.5) is 4.39 Å². The Labute approximate surface area is 119 Å². The molecule has 20 heavy (non-hydrogen) atoms. The Bertz CT molecular complexity index is 499. The molecule has 1 fully saturated rings. The molecule has 1 saturated carbocycles. The summed E-state index contributed by atoms with van der Waals surface area (Å²) in [5, 5.41) is 0. The van der Waals surface area contributed by atoms with Crippen molar-refractivity contribution < 1.29 is 18.7 Å². The van der Waals surface area contributed by atoms with Gasteiger partial charge in [0.25, 0.3) is 0 Å². The van der Waals surface area contributed by atoms with Crippen molar-refractivity contribution in [3.63, 3.8) is 0 Å². The predicted octanol–water partition coefficient (Wildman–Crippen LogP) is 3.67. The monoisotopic (exact) mass is 280 g/mol. The van der Waals surface area contributed by atoms with E-state index in [2.05, 4.69) is 0 Å². The summed E-state index contributed by atoms with van der Waals surface area (Å²) in [6.45, 7) is 3.10. The molecule has 2 atom stereocenters. The first-order valence-electron chi connectivity index (χ1n) is 7.01. The quantitative estimate of drug-likeness (QED) is 0.789. The molecule has 1 aliphatic rings. The van der Waals surface area contributed by atoms with E-state index in [-0.39, 0.29) is 23.8 Å². The van der Waals surface area contributed by atoms with Crippen LogP contribution in [0.5, 0.6) is 5.75 Å². The molecule has 0 saturated heterocycles. The zero-order chi connectivity index (χ0) is 14.7. The number of aryl methyl sites for hydroxylation is 1. The number of benzene rings is 1. The fraction of sp³-hybridized carbons (Fsp3) is 0.562. The van der Waals surface area contributed by atoms with Gasteiger partial charge in [0.1, 0.15) is 17.7 Å². The largest absolute Gasteiger partial charge is 0.490 e. The van der Waals surface area contributed by atoms with Gasteiger partial charge in [0, 0.05) is 13.5 Å². The van der Waals surface area contributed by atoms with Crippen LogP contribution in [0.25, 0.3) is 0 Å². The Morgan fingerprint density at radius 2 is 2.00 bits per heavy atom. The lowest BCUT2D eigenvalue weighted by atomic mass is 9.94. The topological polar surface area (TPSA) is 35.5 Å². The number of ether oxygens (including phenoxy) is 2. The predicted molar refractivity (Wildman–Crippen MR) is 74.8 cm³/mol. The van der Waals surface area contributed by atoms with Crippen LogP contribution in [0.15, 0.2) is 12.1 Å². The number of carbonyl (C=O) groups excluding carboxylic acids is 1. The molecular weight excluding hydrogens is 259 g/mol. The highest BCUT2D eigenvalue weighted by atomic mass is 19.1. The van der Waals surface area contributed by atoms with Crippen molar-refractivity contribution in [2.24, 2.45) is 0 Å². The van der Waals surface area contributed by atoms with Gasteiger partial charge in [-0.2, -0.15) is 0 Å². The minimum absolute atomic E-state index is 0.0247. The highest BCUT2D eigenvalue weighted by molar-refractivity contribution is 5.96. The summed E-state index contributed by atoms with van der Waals surface area (Å²) in [6, 6.07) is 2.88. The summed E-state index contributed by atoms with van der Waals surface area (Å²) in [5.41, 5.74) is 0.803. The molecule has 110 valence electrons. The third-order valence-corrected chi connectivity index (χ3v) is 3.85. The standard InChI is InChI=1S/C16H21FO3/c1-10-7-16(14(11(2)18)9-15(10)17)20-13-6-4-5-12(8-13)19-3/h7,9,12-13H,4-6,8H2,1-3H3. The van der Waals surface area contributed by atoms with Crippen LogP contribution in [-0.4, -0.2) is 25.1 Å². The maximum absolute atomic E-state index is 13.6. The zero-order valence-corrected chi connectivity index (χ0v) is 12.2. The lowest BCUT2D eigenvalue weighted by Crippen LogP contribution is -2.29. The van der Waals surface area contributed by atoms with Gasteiger partial charge in [-0.1, -0.05) is 0 Å². The molecule has 3 nitrogen and oxygen atoms in total. The first kappa shape index (κ1) is 15.0. The smallest absolute Gasteiger partial charge is 0.163 e. The molecule has 0 amide bonds. The van der Waals surface area contributed by atoms with Crippen molar-refractivity contribution >= 4 is 5.78 Å². The van der Waals surface area contributed by atoms with Gasteiger partial charge in [-0.25, -0.2) is 4.39 Å². The zero-order valence-electron chi connectivity index (χ0n) is 12.2. The minimum atomic E-state index is -0.374. The van der Waals surface area contributed by atoms with Gasteiger partial charge in [0.05, 0.1) is 11.7 Å². The summed E-state index contributed by atoms with van der Waals surface area (Å²) in [6.07, 6.45) is 4.06. The van der Waals surface area contributed by atoms with Crippen LogP contribution in [0.1, 0.15) is 48.5 Å². The number of hydrogen-bond donors (Lipinski definition) is 0. The van der Waals surface area contributed by atoms with Crippen LogP contribution in [0, 0.1) is 12.7 Å². The number of halogens is 1. The number of rotatable bonds is 4. The SMILES string of the molecule is COC1CCCC(Oc2cc(C)c(F)cc2C(C)=O)C1. The van der Waals surface area contributed by atoms with Gasteiger partial charge in [-0.15, -0.1) is 0 Å². The molecule has 1 aromatic rings. The number of Topliss-reactive ketones (excluding diaryl/α,β-unsaturated/α-hetero) is 1. The lowest BCUT2D eigenvalue weighted by molar-refractivity contribution is 0.0207. The van der Waals surface area contributed by atoms with Gasteiger partial charge >= 0.3 is 0 Å². The maximum Gasteiger partial charge on any atom is 0.163 e. The fourth-order valence-electron chi connectivity index (χ4n) is 2.63. The molecule has 0 radical (unpaired) electrons. The molecule has 0 heterocycles. The Balaban J connectivity index is 2.19. The van der Waals surface area contributed by atoms with E-state index in [0.29, 0.717) is 16.9 Å². The molecule has 2 rings (SSSR count). The molecule has 0 bridgehead atoms. The summed E-state index contributed by atoms with van der Waals surface area (Å²) in [4.78, 5) is 11.6. The Kier molecular flexibility index (Phi) is 4.76. The summed E-state index contributed by atoms with van der Waals surface area (Å²) in [5.74, 6) is -0.0721. The second-order valence-electron chi connectivity index (χ2n) is 5.42. The molecule has 4 heteroatoms. The van der Waals surface area contributed by atoms with E-state index in [1.54, 1.807) is 20.1 Å². The highest BCUT2D eigenvalue weighted by Gasteiger charge is 2.24. The van der Waals surface area contributed by atoms with E-state index >= 15 is 0 Å². The van der Waals surface area contributed by atoms with Crippen LogP contribution < -0.4 is 4.74 Å². The molecular formula is C16H21FO3. The molecule has 0 N–H and O–H groups in total. The second kappa shape index (κ2) is 6.35. The van der Waals surface area contributed by atoms with Gasteiger partial charge in [0.15, 0.2) is 5.78 Å². The number of methoxy groups -OCH3 is 1. The average molecular weight is 280 g/mol. The summed E-state index contributed by atoms with van der Waals surface area (Å²) < 4.78 is 24.9. The van der Waals surface area contributed by atoms with Crippen molar-refractivity contribution in [1.82, 2.24) is 0 Å². The van der Waals surface area contributed by atoms with Crippen molar-refractivity contribution in [2.75, 3.05) is 7.11 Å². The number of ketones is 1. The van der Waals surface area contributed by atoms with Crippen LogP contribution in [0.3, 0.4) is 0 Å². The normalized spacial score (nSPS) is 22.6. The highest BCUT2D eigenvalue weighted by Crippen LogP contribution is 2.29. The molecule has 1 aliphatic carbocycles. The lowest BCUT2D eigenvalue weighted by Gasteiger charge is -2.29. The Hall–Kier alpha value is -1.42. The van der Waals surface area contributed by atoms with E-state index in [9.17, 15) is 9.18 Å². The molecule has 0 spiro atoms. The van der Waals surface area contributed by atoms with Crippen LogP contribution in [-0.2, 0) is 4.74 Å². The molecule has 2 unspecified atom stereocenters. The van der Waals surface area contributed by atoms with E-state index in [4.69, 9.17) is 9.47 Å². The number of hydrogen-bond acceptors (Lipinski definition) is 3. The van der Waals surface area contributed by atoms with Gasteiger partial charge in [-0.05, 0) is 50.8 Å². The number of carbonyl (C=O) groups is 1. The minimum Gasteiger partial charge on any atom is -0.490 e. The fourth-order valence-corrected chi connectivity index (χ4v) is 2.63. The van der Waals surface area contributed by atoms with E-state index in [1.165, 1.54) is 13.0 Å². The maximum atomic E-state index is 13.6. The van der Waals surface area contributed by atoms with E-state index in [0.717, 1.165) is 25.7 Å². The van der Waals surface area contributed by atoms with Gasteiger partial charge in [0.2, 0.25) is 0 Å². The summed E-state index contributed by atoms with van der Waals surface area (Å²) in [7, 11) is 1.70. The Morgan fingerprint density at radius 3 is 2.65 bits per heavy atom. The van der Waals surface area contributed by atoms with E-state index in [1.807, 2.05) is 0 Å². The van der Waals surface area contributed by atoms with E-state index < -0.39 is 0 Å². The Morgan fingerprint density at radius 1 is 1.30 bits per heavy atom. The first-order chi connectivity index (χ1) is 9.51. The molecule has 0 aromatic heterocycles. The third-order valence-electron chi connectivity index (χ3n) is 3.85. The van der Waals surface area contributed by atoms with Crippen LogP contribution >= 0.6 is 0 Å². The summed E-state index contributed by atoms with van der Waals surface area (Å²) >= 11 is 0. The van der Waals surface area contributed by atoms with Gasteiger partial charge < -0.3 is 9.47 Å². The average Bonchev–Trinajstić information content (AvgIpc) is 2.42. The second-order valence-corrected chi connectivity index (χ2v) is 5.42. The third kappa shape index (κ3) is 3.37. The van der Waals surface area contributed by atoms with Crippen molar-refractivity contribution in [1.29, 1.82) is 0 Å². The van der Waals surface area contributed by atoms with Crippen molar-refractivity contribution in [3.8, 4) is 5.75 Å². The van der Waals surface area contributed by atoms with Crippen LogP contribution in [0.2, 0.25) is 0 Å². The molecule has 0 aliphatic heterocycles. The first-order valence-corrected chi connectivity index (χ1v) is 7.01.